The molecular weight excluding hydrogens is 1180 g/mol. The van der Waals surface area contributed by atoms with E-state index in [1.54, 1.807) is 0 Å². The summed E-state index contributed by atoms with van der Waals surface area (Å²) < 4.78 is 34.4. The predicted molar refractivity (Wildman–Crippen MR) is 406 cm³/mol. The van der Waals surface area contributed by atoms with Crippen molar-refractivity contribution in [3.8, 4) is 0 Å². The molecule has 0 saturated heterocycles. The third kappa shape index (κ3) is 76.9. The van der Waals surface area contributed by atoms with Gasteiger partial charge in [0.15, 0.2) is 6.10 Å². The Bertz CT molecular complexity index is 2100. The number of esters is 2. The largest absolute Gasteiger partial charge is 0.756 e. The fraction of sp³-hybridized carbons (Fsp3) is 0.690. The number of nitrogens with zero attached hydrogens (tertiary/aromatic N) is 1. The standard InChI is InChI=1S/C84H144NO8P/c1-6-8-10-12-14-16-18-20-22-24-26-28-30-32-34-36-37-38-39-40-41-42-43-44-45-46-47-49-51-53-55-57-59-61-63-65-67-69-71-73-75-77-84(87)93-82(81-92-94(88,89)91-79-78-85(3,4)5)80-90-83(86)76-74-72-70-68-66-64-62-60-58-56-54-52-50-48-35-33-31-29-27-25-23-21-19-17-15-13-11-9-7-2/h8-11,14-17,20-23,26-29,32-35,37-38,40-41,82H,6-7,12-13,18-19,24-25,30-31,36,39,42-81H2,1-5H3/b10-8-,11-9-,16-14-,17-15-,22-20-,23-21-,28-26-,29-27-,34-32-,35-33-,38-37-,41-40-. The van der Waals surface area contributed by atoms with E-state index >= 15 is 0 Å². The molecule has 0 bridgehead atoms. The summed E-state index contributed by atoms with van der Waals surface area (Å²) in [4.78, 5) is 38.2. The van der Waals surface area contributed by atoms with E-state index in [1.807, 2.05) is 21.1 Å². The molecule has 0 aliphatic heterocycles. The summed E-state index contributed by atoms with van der Waals surface area (Å²) in [7, 11) is 1.16. The van der Waals surface area contributed by atoms with Gasteiger partial charge in [0.2, 0.25) is 0 Å². The number of phosphoric ester groups is 1. The van der Waals surface area contributed by atoms with Crippen LogP contribution < -0.4 is 4.89 Å². The Hall–Kier alpha value is -4.11. The van der Waals surface area contributed by atoms with Crippen LogP contribution in [-0.2, 0) is 32.7 Å². The highest BCUT2D eigenvalue weighted by atomic mass is 31.2. The second-order valence-corrected chi connectivity index (χ2v) is 28.0. The van der Waals surface area contributed by atoms with Crippen LogP contribution in [-0.4, -0.2) is 70.0 Å². The van der Waals surface area contributed by atoms with Crippen molar-refractivity contribution in [3.63, 3.8) is 0 Å². The summed E-state index contributed by atoms with van der Waals surface area (Å²) in [5, 5.41) is 0. The molecule has 10 heteroatoms. The lowest BCUT2D eigenvalue weighted by Crippen LogP contribution is -2.37. The molecule has 0 aliphatic carbocycles. The lowest BCUT2D eigenvalue weighted by molar-refractivity contribution is -0.870. The van der Waals surface area contributed by atoms with Gasteiger partial charge in [0, 0.05) is 12.8 Å². The van der Waals surface area contributed by atoms with E-state index in [0.717, 1.165) is 116 Å². The van der Waals surface area contributed by atoms with Gasteiger partial charge in [-0.25, -0.2) is 0 Å². The number of hydrogen-bond donors (Lipinski definition) is 0. The summed E-state index contributed by atoms with van der Waals surface area (Å²) in [6, 6.07) is 0. The first-order chi connectivity index (χ1) is 46.0. The molecular formula is C84H144NO8P. The average Bonchev–Trinajstić information content (AvgIpc) is 1.57. The monoisotopic (exact) mass is 1330 g/mol. The summed E-state index contributed by atoms with van der Waals surface area (Å²) >= 11 is 0. The van der Waals surface area contributed by atoms with E-state index in [2.05, 4.69) is 160 Å². The highest BCUT2D eigenvalue weighted by Gasteiger charge is 2.22. The molecule has 94 heavy (non-hydrogen) atoms. The minimum atomic E-state index is -4.65. The normalized spacial score (nSPS) is 13.9. The molecule has 2 unspecified atom stereocenters. The number of phosphoric acid groups is 1. The Labute approximate surface area is 580 Å². The molecule has 0 amide bonds. The smallest absolute Gasteiger partial charge is 0.306 e. The zero-order valence-electron chi connectivity index (χ0n) is 61.4. The molecule has 0 saturated carbocycles. The van der Waals surface area contributed by atoms with Crippen molar-refractivity contribution in [2.75, 3.05) is 47.5 Å². The quantitative estimate of drug-likeness (QED) is 0.0195. The number of quaternary nitrogens is 1. The number of unbranched alkanes of at least 4 members (excludes halogenated alkanes) is 32. The average molecular weight is 1330 g/mol. The van der Waals surface area contributed by atoms with Crippen molar-refractivity contribution in [2.24, 2.45) is 0 Å². The van der Waals surface area contributed by atoms with Crippen LogP contribution >= 0.6 is 7.82 Å². The summed E-state index contributed by atoms with van der Waals surface area (Å²) in [5.74, 6) is -0.829. The molecule has 0 rings (SSSR count). The topological polar surface area (TPSA) is 111 Å². The Morgan fingerprint density at radius 3 is 0.851 bits per heavy atom. The van der Waals surface area contributed by atoms with E-state index < -0.39 is 26.5 Å². The first kappa shape index (κ1) is 89.9. The van der Waals surface area contributed by atoms with Crippen molar-refractivity contribution in [1.82, 2.24) is 0 Å². The number of likely N-dealkylation sites (N-methyl/N-ethyl adjacent to an activating group) is 1. The Morgan fingerprint density at radius 2 is 0.574 bits per heavy atom. The number of carbonyl (C=O) groups excluding carboxylic acids is 2. The van der Waals surface area contributed by atoms with Crippen LogP contribution in [0.25, 0.3) is 0 Å². The Balaban J connectivity index is 3.98. The minimum absolute atomic E-state index is 0.0347. The van der Waals surface area contributed by atoms with Crippen LogP contribution in [0.4, 0.5) is 0 Å². The molecule has 0 spiro atoms. The van der Waals surface area contributed by atoms with Gasteiger partial charge in [-0.1, -0.05) is 339 Å². The molecule has 0 radical (unpaired) electrons. The maximum absolute atomic E-state index is 12.9. The second-order valence-electron chi connectivity index (χ2n) is 26.6. The molecule has 538 valence electrons. The van der Waals surface area contributed by atoms with E-state index in [9.17, 15) is 19.0 Å². The van der Waals surface area contributed by atoms with Gasteiger partial charge in [-0.15, -0.1) is 0 Å². The fourth-order valence-corrected chi connectivity index (χ4v) is 11.3. The van der Waals surface area contributed by atoms with Gasteiger partial charge >= 0.3 is 11.9 Å². The van der Waals surface area contributed by atoms with Crippen molar-refractivity contribution in [1.29, 1.82) is 0 Å². The zero-order valence-corrected chi connectivity index (χ0v) is 62.3. The van der Waals surface area contributed by atoms with Crippen molar-refractivity contribution < 1.29 is 42.1 Å². The summed E-state index contributed by atoms with van der Waals surface area (Å²) in [6.45, 7) is 4.03. The van der Waals surface area contributed by atoms with Crippen LogP contribution in [0.1, 0.15) is 322 Å². The molecule has 0 N–H and O–H groups in total. The van der Waals surface area contributed by atoms with Crippen LogP contribution in [0.15, 0.2) is 146 Å². The van der Waals surface area contributed by atoms with Crippen LogP contribution in [0, 0.1) is 0 Å². The van der Waals surface area contributed by atoms with Crippen molar-refractivity contribution in [3.05, 3.63) is 146 Å². The van der Waals surface area contributed by atoms with Crippen LogP contribution in [0.5, 0.6) is 0 Å². The number of allylic oxidation sites excluding steroid dienone is 24. The van der Waals surface area contributed by atoms with Gasteiger partial charge in [0.25, 0.3) is 7.82 Å². The highest BCUT2D eigenvalue weighted by Crippen LogP contribution is 2.38. The fourth-order valence-electron chi connectivity index (χ4n) is 10.5. The molecule has 9 nitrogen and oxygen atoms in total. The molecule has 0 fully saturated rings. The number of ether oxygens (including phenoxy) is 2. The van der Waals surface area contributed by atoms with Gasteiger partial charge in [-0.2, -0.15) is 0 Å². The number of rotatable bonds is 70. The lowest BCUT2D eigenvalue weighted by atomic mass is 10.0. The maximum atomic E-state index is 12.9. The third-order valence-electron chi connectivity index (χ3n) is 16.4. The van der Waals surface area contributed by atoms with Gasteiger partial charge in [0.1, 0.15) is 19.8 Å². The Morgan fingerprint density at radius 1 is 0.330 bits per heavy atom. The zero-order chi connectivity index (χ0) is 68.3. The van der Waals surface area contributed by atoms with Crippen LogP contribution in [0.2, 0.25) is 0 Å². The van der Waals surface area contributed by atoms with E-state index in [-0.39, 0.29) is 32.0 Å². The Kier molecular flexibility index (Phi) is 69.9. The van der Waals surface area contributed by atoms with E-state index in [4.69, 9.17) is 18.5 Å². The van der Waals surface area contributed by atoms with Gasteiger partial charge in [-0.3, -0.25) is 14.2 Å². The van der Waals surface area contributed by atoms with E-state index in [1.165, 1.54) is 173 Å². The van der Waals surface area contributed by atoms with Gasteiger partial charge in [-0.05, 0) is 116 Å². The SMILES string of the molecule is CC/C=C\C/C=C\C/C=C\C/C=C\C/C=C\C/C=C\C/C=C\CCCCCCCCCCCCCCCCCCCCCC(=O)OC(COC(=O)CCCCCCCCCCCCCCC/C=C\C/C=C\C/C=C\C/C=C\C/C=C\CC)COP(=O)([O-])OCC[N+](C)(C)C. The molecule has 0 aromatic carbocycles. The molecule has 2 atom stereocenters. The molecule has 0 aliphatic rings. The molecule has 0 heterocycles. The molecule has 0 aromatic rings. The number of hydrogen-bond acceptors (Lipinski definition) is 8. The van der Waals surface area contributed by atoms with Crippen LogP contribution in [0.3, 0.4) is 0 Å². The van der Waals surface area contributed by atoms with Gasteiger partial charge < -0.3 is 27.9 Å². The molecule has 0 aromatic heterocycles. The lowest BCUT2D eigenvalue weighted by Gasteiger charge is -2.28. The maximum Gasteiger partial charge on any atom is 0.306 e. The first-order valence-corrected chi connectivity index (χ1v) is 40.0. The van der Waals surface area contributed by atoms with Gasteiger partial charge in [0.05, 0.1) is 27.7 Å². The van der Waals surface area contributed by atoms with E-state index in [0.29, 0.717) is 17.4 Å². The highest BCUT2D eigenvalue weighted by molar-refractivity contribution is 7.45. The summed E-state index contributed by atoms with van der Waals surface area (Å²) in [6.07, 6.45) is 108. The number of carbonyl (C=O) groups is 2. The second kappa shape index (κ2) is 73.1. The predicted octanol–water partition coefficient (Wildman–Crippen LogP) is 25.1. The summed E-state index contributed by atoms with van der Waals surface area (Å²) in [5.41, 5.74) is 0. The third-order valence-corrected chi connectivity index (χ3v) is 17.3. The minimum Gasteiger partial charge on any atom is -0.756 e. The van der Waals surface area contributed by atoms with Crippen molar-refractivity contribution >= 4 is 19.8 Å². The first-order valence-electron chi connectivity index (χ1n) is 38.5. The van der Waals surface area contributed by atoms with Crippen molar-refractivity contribution in [2.45, 2.75) is 328 Å².